The van der Waals surface area contributed by atoms with Crippen molar-refractivity contribution in [2.45, 2.75) is 43.9 Å². The number of aliphatic hydroxyl groups is 1. The van der Waals surface area contributed by atoms with Crippen LogP contribution in [0.4, 0.5) is 4.39 Å². The number of pyridine rings is 1. The van der Waals surface area contributed by atoms with Crippen LogP contribution in [0.1, 0.15) is 31.7 Å². The van der Waals surface area contributed by atoms with Crippen molar-refractivity contribution in [2.24, 2.45) is 5.16 Å². The van der Waals surface area contributed by atoms with Crippen molar-refractivity contribution in [1.82, 2.24) is 10.3 Å². The molecular weight excluding hydrogens is 381 g/mol. The Bertz CT molecular complexity index is 945. The van der Waals surface area contributed by atoms with E-state index in [2.05, 4.69) is 15.5 Å². The first-order valence-corrected chi connectivity index (χ1v) is 9.26. The molecule has 1 aliphatic heterocycles. The highest BCUT2D eigenvalue weighted by Crippen LogP contribution is 2.32. The fourth-order valence-electron chi connectivity index (χ4n) is 3.32. The molecular formula is C20H22FN3O5. The van der Waals surface area contributed by atoms with Crippen molar-refractivity contribution in [3.05, 3.63) is 42.1 Å². The van der Waals surface area contributed by atoms with Gasteiger partial charge in [-0.2, -0.15) is 0 Å². The number of carboxylic acid groups (broad SMARTS) is 1. The van der Waals surface area contributed by atoms with Gasteiger partial charge in [-0.05, 0) is 18.6 Å². The number of halogens is 1. The number of fused-ring (bicyclic) bond motifs is 1. The normalized spacial score (nSPS) is 20.6. The first-order valence-electron chi connectivity index (χ1n) is 9.26. The molecule has 8 nitrogen and oxygen atoms in total. The summed E-state index contributed by atoms with van der Waals surface area (Å²) in [6, 6.07) is 8.01. The standard InChI is InChI=1S/C20H22FN3O5/c1-2-20(19(28)23-15(9-18(26)27)17(25)11-21)10-16(24-29-20)13-7-8-22-14-6-4-3-5-12(13)14/h3-8,15,17,25H,2,9-11H2,1H3,(H,23,28)(H,26,27). The molecule has 0 saturated heterocycles. The first kappa shape index (κ1) is 20.7. The van der Waals surface area contributed by atoms with E-state index in [0.29, 0.717) is 5.71 Å². The molecule has 1 amide bonds. The maximum atomic E-state index is 12.9. The van der Waals surface area contributed by atoms with E-state index in [-0.39, 0.29) is 12.8 Å². The number of benzene rings is 1. The molecule has 1 aromatic heterocycles. The summed E-state index contributed by atoms with van der Waals surface area (Å²) in [7, 11) is 0. The molecule has 2 aromatic rings. The molecule has 1 aliphatic rings. The summed E-state index contributed by atoms with van der Waals surface area (Å²) in [6.45, 7) is 0.559. The molecule has 0 radical (unpaired) electrons. The number of aliphatic hydroxyl groups excluding tert-OH is 1. The van der Waals surface area contributed by atoms with Crippen LogP contribution in [0.25, 0.3) is 10.9 Å². The van der Waals surface area contributed by atoms with E-state index in [1.807, 2.05) is 24.3 Å². The SMILES string of the molecule is CCC1(C(=O)NC(CC(=O)O)C(O)CF)CC(c2ccnc3ccccc23)=NO1. The highest BCUT2D eigenvalue weighted by molar-refractivity contribution is 6.12. The summed E-state index contributed by atoms with van der Waals surface area (Å²) in [5, 5.41) is 26.1. The van der Waals surface area contributed by atoms with Gasteiger partial charge in [-0.3, -0.25) is 14.6 Å². The van der Waals surface area contributed by atoms with Crippen molar-refractivity contribution in [1.29, 1.82) is 0 Å². The summed E-state index contributed by atoms with van der Waals surface area (Å²) in [5.41, 5.74) is 0.747. The summed E-state index contributed by atoms with van der Waals surface area (Å²) in [4.78, 5) is 33.7. The van der Waals surface area contributed by atoms with Crippen molar-refractivity contribution < 1.29 is 29.0 Å². The molecule has 3 atom stereocenters. The Morgan fingerprint density at radius 3 is 2.79 bits per heavy atom. The smallest absolute Gasteiger partial charge is 0.305 e. The number of hydrogen-bond donors (Lipinski definition) is 3. The van der Waals surface area contributed by atoms with Crippen LogP contribution in [-0.4, -0.2) is 57.2 Å². The van der Waals surface area contributed by atoms with Crippen LogP contribution in [0.3, 0.4) is 0 Å². The second kappa shape index (κ2) is 8.52. The number of rotatable bonds is 8. The number of nitrogens with one attached hydrogen (secondary N) is 1. The second-order valence-corrected chi connectivity index (χ2v) is 6.93. The van der Waals surface area contributed by atoms with Gasteiger partial charge in [0.05, 0.1) is 23.7 Å². The first-order chi connectivity index (χ1) is 13.9. The zero-order chi connectivity index (χ0) is 21.0. The third-order valence-corrected chi connectivity index (χ3v) is 5.06. The van der Waals surface area contributed by atoms with Crippen LogP contribution in [0.5, 0.6) is 0 Å². The third-order valence-electron chi connectivity index (χ3n) is 5.06. The lowest BCUT2D eigenvalue weighted by molar-refractivity contribution is -0.147. The molecule has 3 rings (SSSR count). The number of carboxylic acids is 1. The number of para-hydroxylation sites is 1. The number of oxime groups is 1. The van der Waals surface area contributed by atoms with E-state index in [1.165, 1.54) is 0 Å². The molecule has 29 heavy (non-hydrogen) atoms. The lowest BCUT2D eigenvalue weighted by Gasteiger charge is -2.28. The van der Waals surface area contributed by atoms with Gasteiger partial charge in [0, 0.05) is 23.6 Å². The minimum atomic E-state index is -1.63. The summed E-state index contributed by atoms with van der Waals surface area (Å²) < 4.78 is 12.9. The number of alkyl halides is 1. The Balaban J connectivity index is 1.82. The molecule has 0 aliphatic carbocycles. The third kappa shape index (κ3) is 4.19. The number of carbonyl (C=O) groups is 2. The van der Waals surface area contributed by atoms with Gasteiger partial charge < -0.3 is 20.4 Å². The fraction of sp³-hybridized carbons (Fsp3) is 0.400. The predicted molar refractivity (Wildman–Crippen MR) is 103 cm³/mol. The number of aromatic nitrogens is 1. The van der Waals surface area contributed by atoms with Gasteiger partial charge in [0.2, 0.25) is 5.60 Å². The van der Waals surface area contributed by atoms with Gasteiger partial charge in [0.1, 0.15) is 12.8 Å². The van der Waals surface area contributed by atoms with E-state index < -0.39 is 42.7 Å². The zero-order valence-corrected chi connectivity index (χ0v) is 15.8. The van der Waals surface area contributed by atoms with E-state index in [1.54, 1.807) is 19.2 Å². The molecule has 0 bridgehead atoms. The molecule has 0 fully saturated rings. The Morgan fingerprint density at radius 1 is 1.34 bits per heavy atom. The van der Waals surface area contributed by atoms with Crippen molar-refractivity contribution in [3.63, 3.8) is 0 Å². The molecule has 3 N–H and O–H groups in total. The maximum absolute atomic E-state index is 12.9. The highest BCUT2D eigenvalue weighted by atomic mass is 19.1. The Kier molecular flexibility index (Phi) is 6.07. The molecule has 0 spiro atoms. The van der Waals surface area contributed by atoms with E-state index in [0.717, 1.165) is 16.5 Å². The van der Waals surface area contributed by atoms with Crippen LogP contribution >= 0.6 is 0 Å². The molecule has 9 heteroatoms. The van der Waals surface area contributed by atoms with Gasteiger partial charge in [0.25, 0.3) is 5.91 Å². The van der Waals surface area contributed by atoms with Gasteiger partial charge in [-0.25, -0.2) is 4.39 Å². The molecule has 3 unspecified atom stereocenters. The topological polar surface area (TPSA) is 121 Å². The molecule has 154 valence electrons. The number of amides is 1. The van der Waals surface area contributed by atoms with Gasteiger partial charge >= 0.3 is 5.97 Å². The average molecular weight is 403 g/mol. The Hall–Kier alpha value is -3.07. The number of aliphatic carboxylic acids is 1. The maximum Gasteiger partial charge on any atom is 0.305 e. The highest BCUT2D eigenvalue weighted by Gasteiger charge is 2.46. The van der Waals surface area contributed by atoms with E-state index in [4.69, 9.17) is 9.94 Å². The van der Waals surface area contributed by atoms with Crippen molar-refractivity contribution in [2.75, 3.05) is 6.67 Å². The monoisotopic (exact) mass is 403 g/mol. The lowest BCUT2D eigenvalue weighted by Crippen LogP contribution is -2.54. The van der Waals surface area contributed by atoms with Crippen LogP contribution in [0, 0.1) is 0 Å². The summed E-state index contributed by atoms with van der Waals surface area (Å²) in [6.07, 6.45) is -0.198. The molecule has 1 aromatic carbocycles. The summed E-state index contributed by atoms with van der Waals surface area (Å²) in [5.74, 6) is -1.91. The van der Waals surface area contributed by atoms with Gasteiger partial charge in [-0.15, -0.1) is 0 Å². The number of hydrogen-bond acceptors (Lipinski definition) is 6. The minimum Gasteiger partial charge on any atom is -0.481 e. The molecule has 2 heterocycles. The van der Waals surface area contributed by atoms with Crippen LogP contribution in [-0.2, 0) is 14.4 Å². The zero-order valence-electron chi connectivity index (χ0n) is 15.8. The van der Waals surface area contributed by atoms with E-state index in [9.17, 15) is 19.1 Å². The Labute approximate surface area is 166 Å². The molecule has 0 saturated carbocycles. The number of nitrogens with zero attached hydrogens (tertiary/aromatic N) is 2. The Morgan fingerprint density at radius 2 is 2.10 bits per heavy atom. The largest absolute Gasteiger partial charge is 0.481 e. The van der Waals surface area contributed by atoms with Crippen LogP contribution in [0.15, 0.2) is 41.7 Å². The van der Waals surface area contributed by atoms with E-state index >= 15 is 0 Å². The lowest BCUT2D eigenvalue weighted by atomic mass is 9.89. The predicted octanol–water partition coefficient (Wildman–Crippen LogP) is 1.80. The minimum absolute atomic E-state index is 0.148. The van der Waals surface area contributed by atoms with Crippen molar-refractivity contribution in [3.8, 4) is 0 Å². The second-order valence-electron chi connectivity index (χ2n) is 6.93. The van der Waals surface area contributed by atoms with Gasteiger partial charge in [-0.1, -0.05) is 30.3 Å². The van der Waals surface area contributed by atoms with Crippen LogP contribution < -0.4 is 5.32 Å². The van der Waals surface area contributed by atoms with Crippen molar-refractivity contribution >= 4 is 28.5 Å². The number of carbonyl (C=O) groups excluding carboxylic acids is 1. The van der Waals surface area contributed by atoms with Crippen LogP contribution in [0.2, 0.25) is 0 Å². The average Bonchev–Trinajstić information content (AvgIpc) is 3.17. The quantitative estimate of drug-likeness (QED) is 0.618. The summed E-state index contributed by atoms with van der Waals surface area (Å²) >= 11 is 0. The van der Waals surface area contributed by atoms with Gasteiger partial charge in [0.15, 0.2) is 0 Å². The fourth-order valence-corrected chi connectivity index (χ4v) is 3.32.